The minimum absolute atomic E-state index is 0.0191. The summed E-state index contributed by atoms with van der Waals surface area (Å²) in [6, 6.07) is 12.3. The van der Waals surface area contributed by atoms with Crippen LogP contribution in [0.3, 0.4) is 0 Å². The summed E-state index contributed by atoms with van der Waals surface area (Å²) in [5, 5.41) is 8.11. The van der Waals surface area contributed by atoms with Gasteiger partial charge in [-0.25, -0.2) is 9.78 Å². The molecule has 5 rings (SSSR count). The first-order valence-electron chi connectivity index (χ1n) is 15.2. The summed E-state index contributed by atoms with van der Waals surface area (Å²) < 4.78 is 16.8. The van der Waals surface area contributed by atoms with Crippen molar-refractivity contribution in [2.24, 2.45) is 5.92 Å². The third kappa shape index (κ3) is 8.62. The van der Waals surface area contributed by atoms with Gasteiger partial charge in [0.25, 0.3) is 0 Å². The maximum Gasteiger partial charge on any atom is 0.408 e. The fraction of sp³-hybridized carbons (Fsp3) is 0.424. The largest absolute Gasteiger partial charge is 0.494 e. The van der Waals surface area contributed by atoms with Crippen molar-refractivity contribution in [2.45, 2.75) is 64.8 Å². The number of ether oxygens (including phenoxy) is 2. The van der Waals surface area contributed by atoms with Crippen LogP contribution in [0, 0.1) is 19.8 Å². The van der Waals surface area contributed by atoms with E-state index in [1.807, 2.05) is 43.3 Å². The first-order chi connectivity index (χ1) is 21.7. The maximum absolute atomic E-state index is 13.8. The molecule has 12 nitrogen and oxygen atoms in total. The number of benzene rings is 2. The zero-order valence-corrected chi connectivity index (χ0v) is 25.5. The number of nitrogens with zero attached hydrogens (tertiary/aromatic N) is 2. The SMILES string of the molecule is Cc1nc(C2NC(=O)[C@@H](NC(=O)OCc3ccccc3)CC(=O)N3CCCC(CCOc4ccc(C)c(c4)CNC2=O)C3)co1. The van der Waals surface area contributed by atoms with Crippen LogP contribution >= 0.6 is 0 Å². The lowest BCUT2D eigenvalue weighted by atomic mass is 9.94. The van der Waals surface area contributed by atoms with Crippen molar-refractivity contribution in [3.63, 3.8) is 0 Å². The number of nitrogens with one attached hydrogen (secondary N) is 3. The summed E-state index contributed by atoms with van der Waals surface area (Å²) in [7, 11) is 0. The number of amides is 4. The number of rotatable bonds is 4. The Hall–Kier alpha value is -4.87. The summed E-state index contributed by atoms with van der Waals surface area (Å²) in [4.78, 5) is 59.7. The molecule has 45 heavy (non-hydrogen) atoms. The zero-order valence-electron chi connectivity index (χ0n) is 25.5. The van der Waals surface area contributed by atoms with Crippen LogP contribution in [0.2, 0.25) is 0 Å². The molecule has 0 aliphatic carbocycles. The van der Waals surface area contributed by atoms with Gasteiger partial charge in [-0.2, -0.15) is 0 Å². The first kappa shape index (κ1) is 31.6. The highest BCUT2D eigenvalue weighted by Crippen LogP contribution is 2.23. The van der Waals surface area contributed by atoms with E-state index < -0.39 is 30.0 Å². The minimum atomic E-state index is -1.31. The Kier molecular flexibility index (Phi) is 10.3. The van der Waals surface area contributed by atoms with Gasteiger partial charge in [0.15, 0.2) is 11.9 Å². The Labute approximate surface area is 261 Å². The maximum atomic E-state index is 13.8. The van der Waals surface area contributed by atoms with Crippen molar-refractivity contribution < 1.29 is 33.1 Å². The van der Waals surface area contributed by atoms with Crippen LogP contribution in [0.5, 0.6) is 5.75 Å². The molecule has 2 aromatic carbocycles. The normalized spacial score (nSPS) is 21.4. The molecule has 2 aliphatic rings. The van der Waals surface area contributed by atoms with E-state index in [2.05, 4.69) is 20.9 Å². The average molecular weight is 618 g/mol. The molecule has 1 fully saturated rings. The Morgan fingerprint density at radius 3 is 2.69 bits per heavy atom. The van der Waals surface area contributed by atoms with Crippen molar-refractivity contribution in [1.29, 1.82) is 0 Å². The highest BCUT2D eigenvalue weighted by atomic mass is 16.5. The monoisotopic (exact) mass is 617 g/mol. The molecule has 2 aliphatic heterocycles. The van der Waals surface area contributed by atoms with E-state index in [4.69, 9.17) is 13.9 Å². The van der Waals surface area contributed by atoms with E-state index in [0.29, 0.717) is 31.3 Å². The van der Waals surface area contributed by atoms with E-state index in [9.17, 15) is 19.2 Å². The smallest absolute Gasteiger partial charge is 0.408 e. The minimum Gasteiger partial charge on any atom is -0.494 e. The van der Waals surface area contributed by atoms with Gasteiger partial charge in [0.1, 0.15) is 30.4 Å². The lowest BCUT2D eigenvalue weighted by Crippen LogP contribution is -2.53. The fourth-order valence-electron chi connectivity index (χ4n) is 5.53. The van der Waals surface area contributed by atoms with Crippen LogP contribution in [0.4, 0.5) is 4.79 Å². The molecule has 1 saturated heterocycles. The van der Waals surface area contributed by atoms with E-state index in [1.165, 1.54) is 6.26 Å². The topological polar surface area (TPSA) is 152 Å². The van der Waals surface area contributed by atoms with E-state index in [0.717, 1.165) is 36.0 Å². The molecule has 0 radical (unpaired) electrons. The summed E-state index contributed by atoms with van der Waals surface area (Å²) >= 11 is 0. The quantitative estimate of drug-likeness (QED) is 0.403. The molecule has 3 heterocycles. The molecule has 0 saturated carbocycles. The molecule has 2 unspecified atom stereocenters. The number of carbonyl (C=O) groups is 4. The third-order valence-electron chi connectivity index (χ3n) is 8.12. The van der Waals surface area contributed by atoms with Crippen LogP contribution < -0.4 is 20.7 Å². The van der Waals surface area contributed by atoms with E-state index in [-0.39, 0.29) is 37.1 Å². The number of fused-ring (bicyclic) bond motifs is 4. The highest BCUT2D eigenvalue weighted by Gasteiger charge is 2.33. The second-order valence-electron chi connectivity index (χ2n) is 11.5. The van der Waals surface area contributed by atoms with Crippen LogP contribution in [0.25, 0.3) is 0 Å². The third-order valence-corrected chi connectivity index (χ3v) is 8.12. The molecule has 0 spiro atoms. The average Bonchev–Trinajstić information content (AvgIpc) is 3.48. The van der Waals surface area contributed by atoms with E-state index in [1.54, 1.807) is 24.0 Å². The Morgan fingerprint density at radius 2 is 1.91 bits per heavy atom. The molecule has 4 bridgehead atoms. The zero-order chi connectivity index (χ0) is 31.8. The number of alkyl carbamates (subject to hydrolysis) is 1. The van der Waals surface area contributed by atoms with Gasteiger partial charge in [-0.15, -0.1) is 0 Å². The van der Waals surface area contributed by atoms with Gasteiger partial charge in [-0.05, 0) is 60.9 Å². The summed E-state index contributed by atoms with van der Waals surface area (Å²) in [6.07, 6.45) is 2.66. The Balaban J connectivity index is 1.40. The highest BCUT2D eigenvalue weighted by molar-refractivity contribution is 5.94. The van der Waals surface area contributed by atoms with Crippen LogP contribution in [-0.2, 0) is 32.3 Å². The molecule has 12 heteroatoms. The number of carbonyl (C=O) groups excluding carboxylic acids is 4. The summed E-state index contributed by atoms with van der Waals surface area (Å²) in [6.45, 7) is 5.28. The second-order valence-corrected chi connectivity index (χ2v) is 11.5. The Morgan fingerprint density at radius 1 is 1.09 bits per heavy atom. The molecule has 1 aromatic heterocycles. The molecule has 3 atom stereocenters. The van der Waals surface area contributed by atoms with Gasteiger partial charge in [0.2, 0.25) is 17.7 Å². The van der Waals surface area contributed by atoms with Crippen molar-refractivity contribution in [3.8, 4) is 5.75 Å². The van der Waals surface area contributed by atoms with Crippen molar-refractivity contribution >= 4 is 23.8 Å². The number of piperidine rings is 1. The van der Waals surface area contributed by atoms with Crippen LogP contribution in [0.1, 0.15) is 60.0 Å². The van der Waals surface area contributed by atoms with Crippen molar-refractivity contribution in [2.75, 3.05) is 19.7 Å². The molecule has 238 valence electrons. The summed E-state index contributed by atoms with van der Waals surface area (Å²) in [5.74, 6) is -0.324. The fourth-order valence-corrected chi connectivity index (χ4v) is 5.53. The van der Waals surface area contributed by atoms with Crippen molar-refractivity contribution in [1.82, 2.24) is 25.8 Å². The van der Waals surface area contributed by atoms with E-state index >= 15 is 0 Å². The Bertz CT molecular complexity index is 1510. The van der Waals surface area contributed by atoms with Gasteiger partial charge >= 0.3 is 6.09 Å². The van der Waals surface area contributed by atoms with Gasteiger partial charge < -0.3 is 34.7 Å². The molecule has 4 amide bonds. The van der Waals surface area contributed by atoms with Gasteiger partial charge in [-0.3, -0.25) is 14.4 Å². The second kappa shape index (κ2) is 14.7. The number of hydrogen-bond acceptors (Lipinski definition) is 8. The number of aryl methyl sites for hydroxylation is 2. The lowest BCUT2D eigenvalue weighted by Gasteiger charge is -2.34. The van der Waals surface area contributed by atoms with Crippen LogP contribution in [-0.4, -0.2) is 59.4 Å². The first-order valence-corrected chi connectivity index (χ1v) is 15.2. The molecule has 3 aromatic rings. The number of oxazole rings is 1. The molecular weight excluding hydrogens is 578 g/mol. The number of aromatic nitrogens is 1. The lowest BCUT2D eigenvalue weighted by molar-refractivity contribution is -0.137. The predicted octanol–water partition coefficient (Wildman–Crippen LogP) is 3.47. The summed E-state index contributed by atoms with van der Waals surface area (Å²) in [5.41, 5.74) is 2.77. The standard InChI is InChI=1S/C33H39N5O7/c1-21-10-11-26-15-25(21)17-34-32(41)30(28-20-44-22(2)35-28)37-31(40)27(36-33(42)45-19-24-7-4-3-5-8-24)16-29(39)38-13-6-9-23(18-38)12-14-43-26/h3-5,7-8,10-11,15,20,23,27,30H,6,9,12-14,16-19H2,1-2H3,(H,34,41)(H,36,42)(H,37,40)/t23?,27-,30?/m0/s1. The van der Waals surface area contributed by atoms with Gasteiger partial charge in [0.05, 0.1) is 13.0 Å². The number of hydrogen-bond donors (Lipinski definition) is 3. The molecule has 3 N–H and O–H groups in total. The van der Waals surface area contributed by atoms with Gasteiger partial charge in [-0.1, -0.05) is 36.4 Å². The van der Waals surface area contributed by atoms with Crippen molar-refractivity contribution in [3.05, 3.63) is 83.1 Å². The van der Waals surface area contributed by atoms with Crippen LogP contribution in [0.15, 0.2) is 59.2 Å². The van der Waals surface area contributed by atoms with Gasteiger partial charge in [0, 0.05) is 26.6 Å². The molecular formula is C33H39N5O7. The predicted molar refractivity (Wildman–Crippen MR) is 163 cm³/mol.